The molecule has 0 amide bonds. The fraction of sp³-hybridized carbons (Fsp3) is 0.909. The summed E-state index contributed by atoms with van der Waals surface area (Å²) in [6.07, 6.45) is 5.97. The minimum Gasteiger partial charge on any atom is -0.374 e. The van der Waals surface area contributed by atoms with Gasteiger partial charge in [0.15, 0.2) is 0 Å². The molecule has 1 saturated carbocycles. The first-order chi connectivity index (χ1) is 6.20. The topological polar surface area (TPSA) is 26.3 Å². The van der Waals surface area contributed by atoms with Crippen molar-refractivity contribution in [2.75, 3.05) is 6.61 Å². The SMILES string of the molecule is CC1CCC2(CC1)CC(=O)CCO2. The largest absolute Gasteiger partial charge is 0.374 e. The maximum atomic E-state index is 11.3. The summed E-state index contributed by atoms with van der Waals surface area (Å²) in [5.41, 5.74) is -0.0398. The molecule has 1 heterocycles. The summed E-state index contributed by atoms with van der Waals surface area (Å²) in [5, 5.41) is 0. The van der Waals surface area contributed by atoms with Gasteiger partial charge in [0.25, 0.3) is 0 Å². The summed E-state index contributed by atoms with van der Waals surface area (Å²) in [7, 11) is 0. The van der Waals surface area contributed by atoms with Crippen molar-refractivity contribution in [3.05, 3.63) is 0 Å². The van der Waals surface area contributed by atoms with E-state index in [0.717, 1.165) is 18.8 Å². The molecule has 1 spiro atoms. The fourth-order valence-corrected chi connectivity index (χ4v) is 2.49. The van der Waals surface area contributed by atoms with Gasteiger partial charge in [0.1, 0.15) is 5.78 Å². The Balaban J connectivity index is 1.99. The van der Waals surface area contributed by atoms with E-state index in [4.69, 9.17) is 4.74 Å². The highest BCUT2D eigenvalue weighted by atomic mass is 16.5. The lowest BCUT2D eigenvalue weighted by molar-refractivity contribution is -0.146. The molecule has 1 saturated heterocycles. The summed E-state index contributed by atoms with van der Waals surface area (Å²) in [5.74, 6) is 1.23. The molecule has 0 N–H and O–H groups in total. The molecule has 13 heavy (non-hydrogen) atoms. The van der Waals surface area contributed by atoms with E-state index in [9.17, 15) is 4.79 Å². The lowest BCUT2D eigenvalue weighted by atomic mass is 9.75. The Bertz CT molecular complexity index is 202. The van der Waals surface area contributed by atoms with Gasteiger partial charge in [0.2, 0.25) is 0 Å². The molecule has 2 aliphatic rings. The molecule has 74 valence electrons. The molecule has 2 rings (SSSR count). The van der Waals surface area contributed by atoms with Crippen molar-refractivity contribution in [1.29, 1.82) is 0 Å². The second-order valence-corrected chi connectivity index (χ2v) is 4.68. The van der Waals surface area contributed by atoms with Crippen LogP contribution in [-0.4, -0.2) is 18.0 Å². The van der Waals surface area contributed by atoms with E-state index in [1.165, 1.54) is 12.8 Å². The van der Waals surface area contributed by atoms with Gasteiger partial charge in [-0.05, 0) is 31.6 Å². The van der Waals surface area contributed by atoms with Gasteiger partial charge < -0.3 is 4.74 Å². The van der Waals surface area contributed by atoms with Crippen LogP contribution in [0.1, 0.15) is 45.4 Å². The predicted octanol–water partition coefficient (Wildman–Crippen LogP) is 2.31. The Kier molecular flexibility index (Phi) is 2.41. The maximum absolute atomic E-state index is 11.3. The van der Waals surface area contributed by atoms with Gasteiger partial charge in [-0.15, -0.1) is 0 Å². The van der Waals surface area contributed by atoms with E-state index >= 15 is 0 Å². The molecule has 0 bridgehead atoms. The highest BCUT2D eigenvalue weighted by Crippen LogP contribution is 2.39. The monoisotopic (exact) mass is 182 g/mol. The highest BCUT2D eigenvalue weighted by molar-refractivity contribution is 5.80. The standard InChI is InChI=1S/C11H18O2/c1-9-2-5-11(6-3-9)8-10(12)4-7-13-11/h9H,2-8H2,1H3. The first-order valence-electron chi connectivity index (χ1n) is 5.36. The number of hydrogen-bond donors (Lipinski definition) is 0. The molecule has 0 atom stereocenters. The molecular weight excluding hydrogens is 164 g/mol. The van der Waals surface area contributed by atoms with Crippen molar-refractivity contribution in [2.45, 2.75) is 51.0 Å². The minimum absolute atomic E-state index is 0.0398. The number of rotatable bonds is 0. The molecule has 0 aromatic rings. The minimum atomic E-state index is -0.0398. The van der Waals surface area contributed by atoms with E-state index in [1.807, 2.05) is 0 Å². The van der Waals surface area contributed by atoms with E-state index in [-0.39, 0.29) is 5.60 Å². The molecule has 2 nitrogen and oxygen atoms in total. The Morgan fingerprint density at radius 1 is 1.38 bits per heavy atom. The molecule has 0 unspecified atom stereocenters. The molecule has 0 radical (unpaired) electrons. The number of hydrogen-bond acceptors (Lipinski definition) is 2. The summed E-state index contributed by atoms with van der Waals surface area (Å²) in [4.78, 5) is 11.3. The third-order valence-electron chi connectivity index (χ3n) is 3.49. The zero-order valence-electron chi connectivity index (χ0n) is 8.34. The van der Waals surface area contributed by atoms with Crippen molar-refractivity contribution in [3.8, 4) is 0 Å². The van der Waals surface area contributed by atoms with E-state index < -0.39 is 0 Å². The summed E-state index contributed by atoms with van der Waals surface area (Å²) in [6, 6.07) is 0. The number of ether oxygens (including phenoxy) is 1. The third kappa shape index (κ3) is 1.93. The molecule has 2 heteroatoms. The van der Waals surface area contributed by atoms with Gasteiger partial charge in [-0.2, -0.15) is 0 Å². The van der Waals surface area contributed by atoms with Crippen LogP contribution in [0, 0.1) is 5.92 Å². The third-order valence-corrected chi connectivity index (χ3v) is 3.49. The number of ketones is 1. The lowest BCUT2D eigenvalue weighted by Gasteiger charge is -2.41. The second kappa shape index (κ2) is 3.41. The van der Waals surface area contributed by atoms with Crippen LogP contribution >= 0.6 is 0 Å². The van der Waals surface area contributed by atoms with Crippen molar-refractivity contribution in [2.24, 2.45) is 5.92 Å². The van der Waals surface area contributed by atoms with Gasteiger partial charge in [-0.25, -0.2) is 0 Å². The summed E-state index contributed by atoms with van der Waals surface area (Å²) in [6.45, 7) is 2.95. The van der Waals surface area contributed by atoms with Gasteiger partial charge in [0.05, 0.1) is 12.2 Å². The Labute approximate surface area is 79.7 Å². The Hall–Kier alpha value is -0.370. The molecular formula is C11H18O2. The lowest BCUT2D eigenvalue weighted by Crippen LogP contribution is -2.42. The van der Waals surface area contributed by atoms with Crippen LogP contribution in [0.2, 0.25) is 0 Å². The quantitative estimate of drug-likeness (QED) is 0.574. The molecule has 0 aromatic carbocycles. The zero-order valence-corrected chi connectivity index (χ0v) is 8.34. The normalized spacial score (nSPS) is 41.0. The Morgan fingerprint density at radius 2 is 2.08 bits per heavy atom. The zero-order chi connectivity index (χ0) is 9.31. The van der Waals surface area contributed by atoms with Gasteiger partial charge in [-0.3, -0.25) is 4.79 Å². The van der Waals surface area contributed by atoms with Crippen molar-refractivity contribution < 1.29 is 9.53 Å². The first-order valence-corrected chi connectivity index (χ1v) is 5.36. The summed E-state index contributed by atoms with van der Waals surface area (Å²) < 4.78 is 5.80. The molecule has 0 aromatic heterocycles. The van der Waals surface area contributed by atoms with Gasteiger partial charge in [0, 0.05) is 12.8 Å². The second-order valence-electron chi connectivity index (χ2n) is 4.68. The van der Waals surface area contributed by atoms with Crippen molar-refractivity contribution >= 4 is 5.78 Å². The molecule has 2 fully saturated rings. The fourth-order valence-electron chi connectivity index (χ4n) is 2.49. The number of carbonyl (C=O) groups is 1. The maximum Gasteiger partial charge on any atom is 0.138 e. The van der Waals surface area contributed by atoms with Crippen LogP contribution in [0.15, 0.2) is 0 Å². The highest BCUT2D eigenvalue weighted by Gasteiger charge is 2.39. The van der Waals surface area contributed by atoms with Crippen molar-refractivity contribution in [3.63, 3.8) is 0 Å². The van der Waals surface area contributed by atoms with E-state index in [2.05, 4.69) is 6.92 Å². The van der Waals surface area contributed by atoms with Gasteiger partial charge in [-0.1, -0.05) is 6.92 Å². The number of Topliss-reactive ketones (excluding diaryl/α,β-unsaturated/α-hetero) is 1. The van der Waals surface area contributed by atoms with E-state index in [1.54, 1.807) is 0 Å². The van der Waals surface area contributed by atoms with Gasteiger partial charge >= 0.3 is 0 Å². The van der Waals surface area contributed by atoms with Crippen LogP contribution in [0.4, 0.5) is 0 Å². The Morgan fingerprint density at radius 3 is 2.69 bits per heavy atom. The predicted molar refractivity (Wildman–Crippen MR) is 50.6 cm³/mol. The smallest absolute Gasteiger partial charge is 0.138 e. The van der Waals surface area contributed by atoms with Crippen LogP contribution in [0.25, 0.3) is 0 Å². The van der Waals surface area contributed by atoms with Crippen LogP contribution < -0.4 is 0 Å². The van der Waals surface area contributed by atoms with Crippen LogP contribution in [0.3, 0.4) is 0 Å². The average molecular weight is 182 g/mol. The summed E-state index contributed by atoms with van der Waals surface area (Å²) >= 11 is 0. The average Bonchev–Trinajstić information content (AvgIpc) is 2.11. The van der Waals surface area contributed by atoms with Crippen molar-refractivity contribution in [1.82, 2.24) is 0 Å². The van der Waals surface area contributed by atoms with Crippen LogP contribution in [0.5, 0.6) is 0 Å². The van der Waals surface area contributed by atoms with Crippen LogP contribution in [-0.2, 0) is 9.53 Å². The first kappa shape index (κ1) is 9.20. The molecule has 1 aliphatic carbocycles. The van der Waals surface area contributed by atoms with E-state index in [0.29, 0.717) is 25.2 Å². The number of carbonyl (C=O) groups excluding carboxylic acids is 1. The molecule has 1 aliphatic heterocycles.